The van der Waals surface area contributed by atoms with Gasteiger partial charge in [0, 0.05) is 19.6 Å². The topological polar surface area (TPSA) is 50.8 Å². The maximum Gasteiger partial charge on any atom is 0.323 e. The summed E-state index contributed by atoms with van der Waals surface area (Å²) in [5.74, 6) is -0.131. The number of ether oxygens (including phenoxy) is 2. The van der Waals surface area contributed by atoms with Crippen LogP contribution in [0.15, 0.2) is 0 Å². The minimum Gasteiger partial charge on any atom is -0.465 e. The van der Waals surface area contributed by atoms with Gasteiger partial charge in [-0.3, -0.25) is 9.69 Å². The molecule has 0 saturated carbocycles. The Morgan fingerprint density at radius 3 is 2.80 bits per heavy atom. The summed E-state index contributed by atoms with van der Waals surface area (Å²) in [6.45, 7) is 13.0. The predicted molar refractivity (Wildman–Crippen MR) is 79.8 cm³/mol. The summed E-state index contributed by atoms with van der Waals surface area (Å²) in [4.78, 5) is 14.3. The van der Waals surface area contributed by atoms with E-state index >= 15 is 0 Å². The van der Waals surface area contributed by atoms with Gasteiger partial charge in [-0.1, -0.05) is 6.92 Å². The summed E-state index contributed by atoms with van der Waals surface area (Å²) in [6, 6.07) is -0.194. The van der Waals surface area contributed by atoms with Gasteiger partial charge in [0.2, 0.25) is 0 Å². The Kier molecular flexibility index (Phi) is 7.48. The molecule has 1 heterocycles. The van der Waals surface area contributed by atoms with E-state index in [9.17, 15) is 4.79 Å². The summed E-state index contributed by atoms with van der Waals surface area (Å²) in [7, 11) is 0. The van der Waals surface area contributed by atoms with Crippen molar-refractivity contribution in [3.63, 3.8) is 0 Å². The first kappa shape index (κ1) is 17.4. The monoisotopic (exact) mass is 286 g/mol. The van der Waals surface area contributed by atoms with Crippen molar-refractivity contribution in [3.8, 4) is 0 Å². The standard InChI is InChI=1S/C15H30N2O3/c1-5-8-16-13(14(18)19-6-2)7-9-17-10-11-20-15(3,4)12-17/h13,16H,5-12H2,1-4H3. The first-order valence-electron chi connectivity index (χ1n) is 7.75. The zero-order valence-electron chi connectivity index (χ0n) is 13.4. The van der Waals surface area contributed by atoms with E-state index in [0.717, 1.165) is 45.6 Å². The number of carbonyl (C=O) groups is 1. The zero-order chi connectivity index (χ0) is 15.0. The average Bonchev–Trinajstić information content (AvgIpc) is 2.38. The number of carbonyl (C=O) groups excluding carboxylic acids is 1. The van der Waals surface area contributed by atoms with Crippen LogP contribution in [0, 0.1) is 0 Å². The van der Waals surface area contributed by atoms with E-state index in [1.54, 1.807) is 0 Å². The third-order valence-electron chi connectivity index (χ3n) is 3.45. The second kappa shape index (κ2) is 8.60. The van der Waals surface area contributed by atoms with Gasteiger partial charge in [-0.2, -0.15) is 0 Å². The van der Waals surface area contributed by atoms with Crippen molar-refractivity contribution in [2.24, 2.45) is 0 Å². The summed E-state index contributed by atoms with van der Waals surface area (Å²) < 4.78 is 10.8. The molecule has 20 heavy (non-hydrogen) atoms. The number of hydrogen-bond donors (Lipinski definition) is 1. The normalized spacial score (nSPS) is 20.6. The maximum atomic E-state index is 11.9. The molecular formula is C15H30N2O3. The van der Waals surface area contributed by atoms with Crippen molar-refractivity contribution >= 4 is 5.97 Å². The summed E-state index contributed by atoms with van der Waals surface area (Å²) in [5, 5.41) is 3.28. The number of nitrogens with zero attached hydrogens (tertiary/aromatic N) is 1. The van der Waals surface area contributed by atoms with Gasteiger partial charge in [-0.15, -0.1) is 0 Å². The van der Waals surface area contributed by atoms with Crippen molar-refractivity contribution in [1.82, 2.24) is 10.2 Å². The molecule has 1 N–H and O–H groups in total. The van der Waals surface area contributed by atoms with Gasteiger partial charge in [0.15, 0.2) is 0 Å². The lowest BCUT2D eigenvalue weighted by Gasteiger charge is -2.38. The SMILES string of the molecule is CCCNC(CCN1CCOC(C)(C)C1)C(=O)OCC. The molecule has 0 aliphatic carbocycles. The van der Waals surface area contributed by atoms with Gasteiger partial charge >= 0.3 is 5.97 Å². The van der Waals surface area contributed by atoms with E-state index in [1.165, 1.54) is 0 Å². The van der Waals surface area contributed by atoms with Gasteiger partial charge in [-0.25, -0.2) is 0 Å². The third kappa shape index (κ3) is 6.20. The van der Waals surface area contributed by atoms with E-state index in [0.29, 0.717) is 6.61 Å². The fraction of sp³-hybridized carbons (Fsp3) is 0.933. The molecule has 1 atom stereocenters. The van der Waals surface area contributed by atoms with Crippen molar-refractivity contribution in [1.29, 1.82) is 0 Å². The predicted octanol–water partition coefficient (Wildman–Crippen LogP) is 1.42. The quantitative estimate of drug-likeness (QED) is 0.684. The Morgan fingerprint density at radius 2 is 2.20 bits per heavy atom. The molecular weight excluding hydrogens is 256 g/mol. The van der Waals surface area contributed by atoms with Crippen LogP contribution in [0.5, 0.6) is 0 Å². The van der Waals surface area contributed by atoms with Gasteiger partial charge in [-0.05, 0) is 40.2 Å². The molecule has 1 saturated heterocycles. The Hall–Kier alpha value is -0.650. The van der Waals surface area contributed by atoms with Crippen molar-refractivity contribution in [2.45, 2.75) is 52.2 Å². The molecule has 1 unspecified atom stereocenters. The molecule has 1 fully saturated rings. The van der Waals surface area contributed by atoms with E-state index in [2.05, 4.69) is 31.0 Å². The lowest BCUT2D eigenvalue weighted by atomic mass is 10.1. The Bertz CT molecular complexity index is 295. The highest BCUT2D eigenvalue weighted by Crippen LogP contribution is 2.16. The molecule has 0 radical (unpaired) electrons. The highest BCUT2D eigenvalue weighted by molar-refractivity contribution is 5.75. The number of esters is 1. The van der Waals surface area contributed by atoms with Gasteiger partial charge < -0.3 is 14.8 Å². The average molecular weight is 286 g/mol. The van der Waals surface area contributed by atoms with Crippen LogP contribution >= 0.6 is 0 Å². The summed E-state index contributed by atoms with van der Waals surface area (Å²) >= 11 is 0. The molecule has 0 bridgehead atoms. The van der Waals surface area contributed by atoms with Crippen molar-refractivity contribution < 1.29 is 14.3 Å². The van der Waals surface area contributed by atoms with Gasteiger partial charge in [0.05, 0.1) is 18.8 Å². The number of hydrogen-bond acceptors (Lipinski definition) is 5. The Morgan fingerprint density at radius 1 is 1.45 bits per heavy atom. The first-order valence-corrected chi connectivity index (χ1v) is 7.75. The molecule has 0 aromatic rings. The van der Waals surface area contributed by atoms with Crippen LogP contribution in [0.1, 0.15) is 40.5 Å². The number of nitrogens with one attached hydrogen (secondary N) is 1. The molecule has 0 spiro atoms. The highest BCUT2D eigenvalue weighted by atomic mass is 16.5. The molecule has 1 aliphatic heterocycles. The second-order valence-corrected chi connectivity index (χ2v) is 5.93. The number of morpholine rings is 1. The van der Waals surface area contributed by atoms with Gasteiger partial charge in [0.1, 0.15) is 6.04 Å². The first-order chi connectivity index (χ1) is 9.48. The lowest BCUT2D eigenvalue weighted by Crippen LogP contribution is -2.50. The third-order valence-corrected chi connectivity index (χ3v) is 3.45. The highest BCUT2D eigenvalue weighted by Gasteiger charge is 2.28. The van der Waals surface area contributed by atoms with E-state index in [-0.39, 0.29) is 17.6 Å². The molecule has 0 amide bonds. The Labute approximate surface area is 123 Å². The Balaban J connectivity index is 2.42. The summed E-state index contributed by atoms with van der Waals surface area (Å²) in [6.07, 6.45) is 1.80. The molecule has 1 rings (SSSR count). The van der Waals surface area contributed by atoms with E-state index in [1.807, 2.05) is 6.92 Å². The van der Waals surface area contributed by atoms with Crippen LogP contribution in [0.3, 0.4) is 0 Å². The minimum atomic E-state index is -0.194. The summed E-state index contributed by atoms with van der Waals surface area (Å²) in [5.41, 5.74) is -0.0888. The van der Waals surface area contributed by atoms with E-state index < -0.39 is 0 Å². The second-order valence-electron chi connectivity index (χ2n) is 5.93. The van der Waals surface area contributed by atoms with Crippen LogP contribution in [0.4, 0.5) is 0 Å². The zero-order valence-corrected chi connectivity index (χ0v) is 13.4. The maximum absolute atomic E-state index is 11.9. The number of rotatable bonds is 8. The van der Waals surface area contributed by atoms with Crippen LogP contribution in [-0.2, 0) is 14.3 Å². The molecule has 0 aromatic heterocycles. The molecule has 1 aliphatic rings. The molecule has 0 aromatic carbocycles. The van der Waals surface area contributed by atoms with Crippen molar-refractivity contribution in [2.75, 3.05) is 39.4 Å². The van der Waals surface area contributed by atoms with Crippen LogP contribution in [0.2, 0.25) is 0 Å². The fourth-order valence-electron chi connectivity index (χ4n) is 2.48. The lowest BCUT2D eigenvalue weighted by molar-refractivity contribution is -0.146. The minimum absolute atomic E-state index is 0.0888. The molecule has 118 valence electrons. The molecule has 5 heteroatoms. The van der Waals surface area contributed by atoms with Gasteiger partial charge in [0.25, 0.3) is 0 Å². The van der Waals surface area contributed by atoms with Crippen LogP contribution in [-0.4, -0.2) is 61.9 Å². The molecule has 5 nitrogen and oxygen atoms in total. The smallest absolute Gasteiger partial charge is 0.323 e. The van der Waals surface area contributed by atoms with Crippen molar-refractivity contribution in [3.05, 3.63) is 0 Å². The van der Waals surface area contributed by atoms with Crippen LogP contribution < -0.4 is 5.32 Å². The fourth-order valence-corrected chi connectivity index (χ4v) is 2.48. The van der Waals surface area contributed by atoms with Crippen LogP contribution in [0.25, 0.3) is 0 Å². The van der Waals surface area contributed by atoms with E-state index in [4.69, 9.17) is 9.47 Å². The largest absolute Gasteiger partial charge is 0.465 e.